The van der Waals surface area contributed by atoms with Crippen LogP contribution in [0.15, 0.2) is 0 Å². The highest BCUT2D eigenvalue weighted by molar-refractivity contribution is 5.76. The lowest BCUT2D eigenvalue weighted by molar-refractivity contribution is -0.130. The van der Waals surface area contributed by atoms with E-state index in [4.69, 9.17) is 0 Å². The summed E-state index contributed by atoms with van der Waals surface area (Å²) in [6, 6.07) is 0. The number of carbonyl (C=O) groups excluding carboxylic acids is 1. The maximum absolute atomic E-state index is 11.9. The van der Waals surface area contributed by atoms with Crippen LogP contribution in [-0.4, -0.2) is 48.4 Å². The van der Waals surface area contributed by atoms with Crippen molar-refractivity contribution in [3.05, 3.63) is 0 Å². The Bertz CT molecular complexity index is 216. The van der Waals surface area contributed by atoms with Crippen molar-refractivity contribution in [3.63, 3.8) is 0 Å². The van der Waals surface area contributed by atoms with Crippen molar-refractivity contribution >= 4 is 5.91 Å². The van der Waals surface area contributed by atoms with E-state index in [1.165, 1.54) is 51.6 Å². The number of hydrogen-bond acceptors (Lipinski definition) is 2. The molecule has 0 aliphatic carbocycles. The van der Waals surface area contributed by atoms with Gasteiger partial charge in [-0.3, -0.25) is 4.79 Å². The van der Waals surface area contributed by atoms with E-state index in [1.54, 1.807) is 0 Å². The largest absolute Gasteiger partial charge is 0.343 e. The molecule has 1 amide bonds. The van der Waals surface area contributed by atoms with Gasteiger partial charge in [0.2, 0.25) is 5.91 Å². The van der Waals surface area contributed by atoms with Crippen molar-refractivity contribution in [3.8, 4) is 0 Å². The molecule has 0 N–H and O–H groups in total. The molecule has 0 saturated carbocycles. The van der Waals surface area contributed by atoms with E-state index in [0.717, 1.165) is 26.1 Å². The van der Waals surface area contributed by atoms with Crippen LogP contribution in [0.3, 0.4) is 0 Å². The fourth-order valence-corrected chi connectivity index (χ4v) is 2.74. The highest BCUT2D eigenvalue weighted by Crippen LogP contribution is 2.12. The molecule has 0 aromatic rings. The fourth-order valence-electron chi connectivity index (χ4n) is 2.74. The van der Waals surface area contributed by atoms with Crippen LogP contribution in [0.4, 0.5) is 0 Å². The Morgan fingerprint density at radius 1 is 0.812 bits per heavy atom. The molecule has 0 unspecified atom stereocenters. The van der Waals surface area contributed by atoms with Crippen LogP contribution in [0.5, 0.6) is 0 Å². The molecule has 0 spiro atoms. The Morgan fingerprint density at radius 3 is 2.00 bits per heavy atom. The first-order valence-electron chi connectivity index (χ1n) is 6.86. The first-order valence-corrected chi connectivity index (χ1v) is 6.86. The average molecular weight is 224 g/mol. The van der Waals surface area contributed by atoms with Gasteiger partial charge >= 0.3 is 0 Å². The Morgan fingerprint density at radius 2 is 1.38 bits per heavy atom. The van der Waals surface area contributed by atoms with Crippen molar-refractivity contribution < 1.29 is 4.79 Å². The van der Waals surface area contributed by atoms with E-state index in [-0.39, 0.29) is 0 Å². The molecule has 0 aromatic heterocycles. The van der Waals surface area contributed by atoms with E-state index in [9.17, 15) is 4.79 Å². The van der Waals surface area contributed by atoms with Gasteiger partial charge in [-0.15, -0.1) is 0 Å². The SMILES string of the molecule is O=C(CCN1CCCCCC1)N1CCCC1. The van der Waals surface area contributed by atoms with Crippen LogP contribution in [0.25, 0.3) is 0 Å². The Labute approximate surface area is 98.8 Å². The van der Waals surface area contributed by atoms with Gasteiger partial charge in [-0.2, -0.15) is 0 Å². The Hall–Kier alpha value is -0.570. The summed E-state index contributed by atoms with van der Waals surface area (Å²) in [5, 5.41) is 0. The minimum atomic E-state index is 0.377. The summed E-state index contributed by atoms with van der Waals surface area (Å²) in [7, 11) is 0. The minimum absolute atomic E-state index is 0.377. The van der Waals surface area contributed by atoms with Crippen LogP contribution >= 0.6 is 0 Å². The van der Waals surface area contributed by atoms with Gasteiger partial charge in [0.15, 0.2) is 0 Å². The molecule has 3 nitrogen and oxygen atoms in total. The zero-order chi connectivity index (χ0) is 11.2. The first kappa shape index (κ1) is 11.9. The fraction of sp³-hybridized carbons (Fsp3) is 0.923. The van der Waals surface area contributed by atoms with Gasteiger partial charge in [0.05, 0.1) is 0 Å². The minimum Gasteiger partial charge on any atom is -0.343 e. The molecule has 0 radical (unpaired) electrons. The summed E-state index contributed by atoms with van der Waals surface area (Å²) in [4.78, 5) is 16.4. The number of nitrogens with zero attached hydrogens (tertiary/aromatic N) is 2. The highest BCUT2D eigenvalue weighted by atomic mass is 16.2. The third kappa shape index (κ3) is 3.48. The molecule has 2 saturated heterocycles. The maximum Gasteiger partial charge on any atom is 0.223 e. The maximum atomic E-state index is 11.9. The molecule has 3 heteroatoms. The second-order valence-corrected chi connectivity index (χ2v) is 5.09. The topological polar surface area (TPSA) is 23.6 Å². The molecular formula is C13H24N2O. The van der Waals surface area contributed by atoms with Crippen LogP contribution in [0, 0.1) is 0 Å². The van der Waals surface area contributed by atoms with Crippen molar-refractivity contribution in [1.82, 2.24) is 9.80 Å². The second kappa shape index (κ2) is 6.24. The van der Waals surface area contributed by atoms with Gasteiger partial charge < -0.3 is 9.80 Å². The lowest BCUT2D eigenvalue weighted by atomic mass is 10.2. The smallest absolute Gasteiger partial charge is 0.223 e. The predicted molar refractivity (Wildman–Crippen MR) is 65.3 cm³/mol. The molecule has 2 heterocycles. The number of amides is 1. The monoisotopic (exact) mass is 224 g/mol. The molecule has 2 rings (SSSR count). The second-order valence-electron chi connectivity index (χ2n) is 5.09. The van der Waals surface area contributed by atoms with Crippen molar-refractivity contribution in [2.75, 3.05) is 32.7 Å². The zero-order valence-electron chi connectivity index (χ0n) is 10.3. The molecule has 0 atom stereocenters. The van der Waals surface area contributed by atoms with Gasteiger partial charge in [0.1, 0.15) is 0 Å². The first-order chi connectivity index (χ1) is 7.86. The predicted octanol–water partition coefficient (Wildman–Crippen LogP) is 1.87. The average Bonchev–Trinajstić information content (AvgIpc) is 2.71. The van der Waals surface area contributed by atoms with Gasteiger partial charge in [0, 0.05) is 26.1 Å². The molecule has 2 fully saturated rings. The summed E-state index contributed by atoms with van der Waals surface area (Å²) < 4.78 is 0. The van der Waals surface area contributed by atoms with Gasteiger partial charge in [-0.05, 0) is 38.8 Å². The molecule has 2 aliphatic heterocycles. The Balaban J connectivity index is 1.67. The summed E-state index contributed by atoms with van der Waals surface area (Å²) in [5.74, 6) is 0.377. The molecule has 0 aromatic carbocycles. The van der Waals surface area contributed by atoms with Crippen LogP contribution in [0.1, 0.15) is 44.9 Å². The number of likely N-dealkylation sites (tertiary alicyclic amines) is 2. The van der Waals surface area contributed by atoms with E-state index in [1.807, 2.05) is 4.90 Å². The summed E-state index contributed by atoms with van der Waals surface area (Å²) >= 11 is 0. The third-order valence-corrected chi connectivity index (χ3v) is 3.80. The molecule has 16 heavy (non-hydrogen) atoms. The number of hydrogen-bond donors (Lipinski definition) is 0. The number of rotatable bonds is 3. The summed E-state index contributed by atoms with van der Waals surface area (Å²) in [6.07, 6.45) is 8.52. The van der Waals surface area contributed by atoms with Crippen molar-refractivity contribution in [2.24, 2.45) is 0 Å². The molecular weight excluding hydrogens is 200 g/mol. The summed E-state index contributed by atoms with van der Waals surface area (Å²) in [6.45, 7) is 5.38. The number of carbonyl (C=O) groups is 1. The van der Waals surface area contributed by atoms with Gasteiger partial charge in [-0.1, -0.05) is 12.8 Å². The van der Waals surface area contributed by atoms with Gasteiger partial charge in [0.25, 0.3) is 0 Å². The van der Waals surface area contributed by atoms with E-state index in [0.29, 0.717) is 5.91 Å². The molecule has 2 aliphatic rings. The van der Waals surface area contributed by atoms with E-state index < -0.39 is 0 Å². The summed E-state index contributed by atoms with van der Waals surface area (Å²) in [5.41, 5.74) is 0. The quantitative estimate of drug-likeness (QED) is 0.730. The lowest BCUT2D eigenvalue weighted by Gasteiger charge is -2.21. The van der Waals surface area contributed by atoms with Crippen LogP contribution < -0.4 is 0 Å². The normalized spacial score (nSPS) is 23.4. The van der Waals surface area contributed by atoms with Crippen molar-refractivity contribution in [2.45, 2.75) is 44.9 Å². The van der Waals surface area contributed by atoms with Crippen molar-refractivity contribution in [1.29, 1.82) is 0 Å². The molecule has 92 valence electrons. The van der Waals surface area contributed by atoms with Crippen LogP contribution in [-0.2, 0) is 4.79 Å². The van der Waals surface area contributed by atoms with E-state index in [2.05, 4.69) is 4.90 Å². The zero-order valence-corrected chi connectivity index (χ0v) is 10.3. The Kier molecular flexibility index (Phi) is 4.64. The van der Waals surface area contributed by atoms with E-state index >= 15 is 0 Å². The lowest BCUT2D eigenvalue weighted by Crippen LogP contribution is -2.33. The third-order valence-electron chi connectivity index (χ3n) is 3.80. The van der Waals surface area contributed by atoms with Gasteiger partial charge in [-0.25, -0.2) is 0 Å². The molecule has 0 bridgehead atoms. The highest BCUT2D eigenvalue weighted by Gasteiger charge is 2.18. The standard InChI is InChI=1S/C13H24N2O/c16-13(15-10-5-6-11-15)7-12-14-8-3-1-2-4-9-14/h1-12H2. The van der Waals surface area contributed by atoms with Crippen LogP contribution in [0.2, 0.25) is 0 Å².